The minimum absolute atomic E-state index is 0.123. The second-order valence-electron chi connectivity index (χ2n) is 3.09. The fraction of sp³-hybridized carbons (Fsp3) is 0.100. The van der Waals surface area contributed by atoms with Crippen LogP contribution in [0.15, 0.2) is 24.4 Å². The minimum atomic E-state index is -0.123. The van der Waals surface area contributed by atoms with E-state index >= 15 is 0 Å². The Morgan fingerprint density at radius 3 is 3.00 bits per heavy atom. The van der Waals surface area contributed by atoms with Crippen LogP contribution in [-0.4, -0.2) is 17.9 Å². The first-order chi connectivity index (χ1) is 6.72. The summed E-state index contributed by atoms with van der Waals surface area (Å²) in [5, 5.41) is 3.47. The van der Waals surface area contributed by atoms with E-state index in [-0.39, 0.29) is 5.91 Å². The number of hydrogen-bond acceptors (Lipinski definition) is 2. The molecule has 4 N–H and O–H groups in total. The van der Waals surface area contributed by atoms with Gasteiger partial charge in [0.05, 0.1) is 5.56 Å². The van der Waals surface area contributed by atoms with Crippen LogP contribution in [0.25, 0.3) is 10.9 Å². The summed E-state index contributed by atoms with van der Waals surface area (Å²) < 4.78 is 0. The van der Waals surface area contributed by atoms with Crippen molar-refractivity contribution in [1.29, 1.82) is 0 Å². The van der Waals surface area contributed by atoms with Crippen molar-refractivity contribution >= 4 is 22.5 Å². The van der Waals surface area contributed by atoms with Gasteiger partial charge in [0.25, 0.3) is 5.91 Å². The van der Waals surface area contributed by atoms with Crippen molar-refractivity contribution in [3.8, 4) is 0 Å². The first-order valence-corrected chi connectivity index (χ1v) is 4.31. The van der Waals surface area contributed by atoms with Gasteiger partial charge in [-0.25, -0.2) is 0 Å². The summed E-state index contributed by atoms with van der Waals surface area (Å²) in [7, 11) is 1.60. The highest BCUT2D eigenvalue weighted by atomic mass is 16.1. The number of nitrogens with two attached hydrogens (primary N) is 1. The molecule has 0 radical (unpaired) electrons. The predicted octanol–water partition coefficient (Wildman–Crippen LogP) is 1.11. The lowest BCUT2D eigenvalue weighted by Gasteiger charge is -2.03. The van der Waals surface area contributed by atoms with E-state index in [1.165, 1.54) is 0 Å². The standard InChI is InChI=1S/C10H11N3O/c1-12-10(14)8-4-6(11)5-9-7(8)2-3-13-9/h2-5,13H,11H2,1H3,(H,12,14). The molecule has 0 bridgehead atoms. The van der Waals surface area contributed by atoms with Gasteiger partial charge in [0.1, 0.15) is 0 Å². The average Bonchev–Trinajstić information content (AvgIpc) is 2.62. The topological polar surface area (TPSA) is 70.9 Å². The van der Waals surface area contributed by atoms with Gasteiger partial charge in [-0.2, -0.15) is 0 Å². The molecule has 0 unspecified atom stereocenters. The number of amides is 1. The van der Waals surface area contributed by atoms with Crippen LogP contribution in [0.1, 0.15) is 10.4 Å². The number of nitrogens with one attached hydrogen (secondary N) is 2. The minimum Gasteiger partial charge on any atom is -0.399 e. The molecule has 72 valence electrons. The number of carbonyl (C=O) groups excluding carboxylic acids is 1. The fourth-order valence-corrected chi connectivity index (χ4v) is 1.51. The Bertz CT molecular complexity index is 487. The van der Waals surface area contributed by atoms with Crippen LogP contribution in [0.2, 0.25) is 0 Å². The van der Waals surface area contributed by atoms with Crippen LogP contribution < -0.4 is 11.1 Å². The summed E-state index contributed by atoms with van der Waals surface area (Å²) in [6.45, 7) is 0. The Kier molecular flexibility index (Phi) is 1.89. The van der Waals surface area contributed by atoms with Crippen LogP contribution >= 0.6 is 0 Å². The Morgan fingerprint density at radius 2 is 2.29 bits per heavy atom. The Balaban J connectivity index is 2.72. The number of hydrogen-bond donors (Lipinski definition) is 3. The molecule has 0 saturated heterocycles. The highest BCUT2D eigenvalue weighted by Crippen LogP contribution is 2.21. The zero-order valence-corrected chi connectivity index (χ0v) is 7.79. The van der Waals surface area contributed by atoms with Crippen molar-refractivity contribution < 1.29 is 4.79 Å². The van der Waals surface area contributed by atoms with Crippen molar-refractivity contribution in [3.05, 3.63) is 30.0 Å². The van der Waals surface area contributed by atoms with Crippen LogP contribution in [0.4, 0.5) is 5.69 Å². The van der Waals surface area contributed by atoms with Gasteiger partial charge >= 0.3 is 0 Å². The first kappa shape index (κ1) is 8.62. The molecule has 0 aliphatic heterocycles. The third-order valence-electron chi connectivity index (χ3n) is 2.16. The molecule has 1 aromatic heterocycles. The van der Waals surface area contributed by atoms with E-state index in [2.05, 4.69) is 10.3 Å². The molecule has 4 heteroatoms. The molecule has 1 amide bonds. The molecular formula is C10H11N3O. The van der Waals surface area contributed by atoms with Crippen molar-refractivity contribution in [2.45, 2.75) is 0 Å². The van der Waals surface area contributed by atoms with Crippen molar-refractivity contribution in [2.24, 2.45) is 0 Å². The van der Waals surface area contributed by atoms with Crippen LogP contribution in [0.3, 0.4) is 0 Å². The number of anilines is 1. The zero-order valence-electron chi connectivity index (χ0n) is 7.79. The molecule has 0 atom stereocenters. The van der Waals surface area contributed by atoms with Gasteiger partial charge in [-0.05, 0) is 18.2 Å². The van der Waals surface area contributed by atoms with E-state index < -0.39 is 0 Å². The lowest BCUT2D eigenvalue weighted by atomic mass is 10.1. The Morgan fingerprint density at radius 1 is 1.50 bits per heavy atom. The fourth-order valence-electron chi connectivity index (χ4n) is 1.51. The van der Waals surface area contributed by atoms with Crippen molar-refractivity contribution in [2.75, 3.05) is 12.8 Å². The lowest BCUT2D eigenvalue weighted by molar-refractivity contribution is 0.0965. The third kappa shape index (κ3) is 1.21. The molecular weight excluding hydrogens is 178 g/mol. The number of rotatable bonds is 1. The normalized spacial score (nSPS) is 10.4. The monoisotopic (exact) mass is 189 g/mol. The van der Waals surface area contributed by atoms with Gasteiger partial charge in [-0.15, -0.1) is 0 Å². The maximum absolute atomic E-state index is 11.5. The molecule has 0 fully saturated rings. The molecule has 4 nitrogen and oxygen atoms in total. The quantitative estimate of drug-likeness (QED) is 0.588. The van der Waals surface area contributed by atoms with Crippen LogP contribution in [0, 0.1) is 0 Å². The molecule has 0 spiro atoms. The summed E-state index contributed by atoms with van der Waals surface area (Å²) in [5.41, 5.74) is 7.74. The van der Waals surface area contributed by atoms with E-state index in [1.807, 2.05) is 12.1 Å². The van der Waals surface area contributed by atoms with E-state index in [9.17, 15) is 4.79 Å². The Labute approximate surface area is 81.1 Å². The highest BCUT2D eigenvalue weighted by Gasteiger charge is 2.09. The molecule has 0 saturated carbocycles. The maximum atomic E-state index is 11.5. The zero-order chi connectivity index (χ0) is 10.1. The van der Waals surface area contributed by atoms with Gasteiger partial charge in [-0.3, -0.25) is 4.79 Å². The molecule has 2 rings (SSSR count). The largest absolute Gasteiger partial charge is 0.399 e. The van der Waals surface area contributed by atoms with Gasteiger partial charge in [0, 0.05) is 29.8 Å². The molecule has 0 aliphatic carbocycles. The summed E-state index contributed by atoms with van der Waals surface area (Å²) >= 11 is 0. The third-order valence-corrected chi connectivity index (χ3v) is 2.16. The first-order valence-electron chi connectivity index (χ1n) is 4.31. The molecule has 0 aliphatic rings. The SMILES string of the molecule is CNC(=O)c1cc(N)cc2[nH]ccc12. The number of aromatic amines is 1. The number of H-pyrrole nitrogens is 1. The van der Waals surface area contributed by atoms with E-state index in [1.54, 1.807) is 19.3 Å². The van der Waals surface area contributed by atoms with Crippen molar-refractivity contribution in [3.63, 3.8) is 0 Å². The smallest absolute Gasteiger partial charge is 0.251 e. The van der Waals surface area contributed by atoms with Gasteiger partial charge in [0.2, 0.25) is 0 Å². The van der Waals surface area contributed by atoms with Crippen LogP contribution in [-0.2, 0) is 0 Å². The molecule has 1 aromatic carbocycles. The van der Waals surface area contributed by atoms with E-state index in [0.717, 1.165) is 10.9 Å². The van der Waals surface area contributed by atoms with Crippen LogP contribution in [0.5, 0.6) is 0 Å². The molecule has 2 aromatic rings. The molecule has 1 heterocycles. The second-order valence-corrected chi connectivity index (χ2v) is 3.09. The predicted molar refractivity (Wildman–Crippen MR) is 56.1 cm³/mol. The van der Waals surface area contributed by atoms with Gasteiger partial charge < -0.3 is 16.0 Å². The van der Waals surface area contributed by atoms with Gasteiger partial charge in [0.15, 0.2) is 0 Å². The summed E-state index contributed by atoms with van der Waals surface area (Å²) in [6, 6.07) is 5.34. The Hall–Kier alpha value is -1.97. The van der Waals surface area contributed by atoms with Gasteiger partial charge in [-0.1, -0.05) is 0 Å². The summed E-state index contributed by atoms with van der Waals surface area (Å²) in [4.78, 5) is 14.5. The summed E-state index contributed by atoms with van der Waals surface area (Å²) in [5.74, 6) is -0.123. The highest BCUT2D eigenvalue weighted by molar-refractivity contribution is 6.07. The summed E-state index contributed by atoms with van der Waals surface area (Å²) in [6.07, 6.45) is 1.79. The second kappa shape index (κ2) is 3.06. The lowest BCUT2D eigenvalue weighted by Crippen LogP contribution is -2.18. The average molecular weight is 189 g/mol. The number of carbonyl (C=O) groups is 1. The van der Waals surface area contributed by atoms with E-state index in [0.29, 0.717) is 11.3 Å². The number of aromatic nitrogens is 1. The molecule has 14 heavy (non-hydrogen) atoms. The number of benzene rings is 1. The van der Waals surface area contributed by atoms with Crippen molar-refractivity contribution in [1.82, 2.24) is 10.3 Å². The number of fused-ring (bicyclic) bond motifs is 1. The maximum Gasteiger partial charge on any atom is 0.251 e. The van der Waals surface area contributed by atoms with E-state index in [4.69, 9.17) is 5.73 Å². The number of nitrogen functional groups attached to an aromatic ring is 1.